The van der Waals surface area contributed by atoms with Crippen LogP contribution in [0, 0.1) is 0 Å². The average Bonchev–Trinajstić information content (AvgIpc) is 2.05. The molecule has 0 aliphatic carbocycles. The van der Waals surface area contributed by atoms with Gasteiger partial charge in [0.1, 0.15) is 0 Å². The first-order valence-electron chi connectivity index (χ1n) is 3.16. The largest absolute Gasteiger partial charge is 0.288 e. The first-order valence-corrected chi connectivity index (χ1v) is 4.24. The molecule has 2 heteroatoms. The zero-order valence-electron chi connectivity index (χ0n) is 5.88. The number of carbonyl (C=O) groups is 1. The first-order chi connectivity index (χ1) is 5.22. The van der Waals surface area contributed by atoms with Crippen LogP contribution in [0.4, 0.5) is 0 Å². The van der Waals surface area contributed by atoms with Crippen molar-refractivity contribution in [3.05, 3.63) is 46.1 Å². The van der Waals surface area contributed by atoms with Gasteiger partial charge in [0.2, 0.25) is 0 Å². The van der Waals surface area contributed by atoms with E-state index < -0.39 is 0 Å². The van der Waals surface area contributed by atoms with E-state index in [1.165, 1.54) is 0 Å². The second-order valence-electron chi connectivity index (χ2n) is 2.10. The first kappa shape index (κ1) is 8.46. The van der Waals surface area contributed by atoms with Gasteiger partial charge in [-0.05, 0) is 22.6 Å². The van der Waals surface area contributed by atoms with E-state index in [1.807, 2.05) is 40.8 Å². The van der Waals surface area contributed by atoms with E-state index in [2.05, 4.69) is 6.58 Å². The van der Waals surface area contributed by atoms with Gasteiger partial charge in [0.15, 0.2) is 5.78 Å². The summed E-state index contributed by atoms with van der Waals surface area (Å²) in [6.45, 7) is 3.57. The summed E-state index contributed by atoms with van der Waals surface area (Å²) in [6.07, 6.45) is 0. The van der Waals surface area contributed by atoms with Gasteiger partial charge in [0, 0.05) is 5.56 Å². The molecule has 0 unspecified atom stereocenters. The molecule has 1 aromatic carbocycles. The number of hydrogen-bond donors (Lipinski definition) is 0. The van der Waals surface area contributed by atoms with Crippen molar-refractivity contribution < 1.29 is 4.79 Å². The monoisotopic (exact) mass is 258 g/mol. The smallest absolute Gasteiger partial charge is 0.198 e. The van der Waals surface area contributed by atoms with Gasteiger partial charge in [0.25, 0.3) is 0 Å². The molecule has 0 radical (unpaired) electrons. The Balaban J connectivity index is 2.95. The minimum Gasteiger partial charge on any atom is -0.288 e. The third-order valence-electron chi connectivity index (χ3n) is 1.28. The molecule has 0 aliphatic heterocycles. The highest BCUT2D eigenvalue weighted by Gasteiger charge is 2.04. The van der Waals surface area contributed by atoms with E-state index in [0.29, 0.717) is 9.14 Å². The molecule has 0 saturated carbocycles. The predicted molar refractivity (Wildman–Crippen MR) is 53.9 cm³/mol. The molecule has 56 valence electrons. The number of benzene rings is 1. The highest BCUT2D eigenvalue weighted by Crippen LogP contribution is 2.11. The van der Waals surface area contributed by atoms with Crippen molar-refractivity contribution >= 4 is 28.4 Å². The van der Waals surface area contributed by atoms with Gasteiger partial charge in [-0.1, -0.05) is 36.9 Å². The third kappa shape index (κ3) is 2.15. The van der Waals surface area contributed by atoms with Crippen molar-refractivity contribution in [3.63, 3.8) is 0 Å². The molecular weight excluding hydrogens is 251 g/mol. The summed E-state index contributed by atoms with van der Waals surface area (Å²) >= 11 is 1.93. The molecule has 0 aromatic heterocycles. The maximum Gasteiger partial charge on any atom is 0.198 e. The highest BCUT2D eigenvalue weighted by molar-refractivity contribution is 14.1. The van der Waals surface area contributed by atoms with Crippen molar-refractivity contribution in [2.45, 2.75) is 0 Å². The Hall–Kier alpha value is -0.640. The lowest BCUT2D eigenvalue weighted by Gasteiger charge is -1.95. The topological polar surface area (TPSA) is 17.1 Å². The molecule has 0 aliphatic rings. The van der Waals surface area contributed by atoms with Crippen LogP contribution in [0.15, 0.2) is 40.5 Å². The van der Waals surface area contributed by atoms with Crippen molar-refractivity contribution in [2.75, 3.05) is 0 Å². The summed E-state index contributed by atoms with van der Waals surface area (Å²) in [4.78, 5) is 11.2. The molecule has 0 bridgehead atoms. The van der Waals surface area contributed by atoms with Crippen LogP contribution in [-0.4, -0.2) is 5.78 Å². The summed E-state index contributed by atoms with van der Waals surface area (Å²) in [6, 6.07) is 9.13. The Bertz CT molecular complexity index is 277. The van der Waals surface area contributed by atoms with Gasteiger partial charge < -0.3 is 0 Å². The Labute approximate surface area is 79.3 Å². The zero-order chi connectivity index (χ0) is 8.27. The molecule has 1 rings (SSSR count). The standard InChI is InChI=1S/C9H7IO/c1-7(10)9(11)8-5-3-2-4-6-8/h2-6H,1H2. The van der Waals surface area contributed by atoms with Crippen LogP contribution >= 0.6 is 22.6 Å². The molecule has 0 heterocycles. The zero-order valence-corrected chi connectivity index (χ0v) is 8.04. The van der Waals surface area contributed by atoms with Gasteiger partial charge in [-0.25, -0.2) is 0 Å². The summed E-state index contributed by atoms with van der Waals surface area (Å²) in [5.74, 6) is 0.00574. The van der Waals surface area contributed by atoms with Crippen LogP contribution in [0.3, 0.4) is 0 Å². The molecule has 0 atom stereocenters. The van der Waals surface area contributed by atoms with Crippen LogP contribution in [0.2, 0.25) is 0 Å². The molecule has 11 heavy (non-hydrogen) atoms. The van der Waals surface area contributed by atoms with E-state index in [9.17, 15) is 4.79 Å². The summed E-state index contributed by atoms with van der Waals surface area (Å²) in [5, 5.41) is 0. The lowest BCUT2D eigenvalue weighted by atomic mass is 10.1. The van der Waals surface area contributed by atoms with Gasteiger partial charge in [0.05, 0.1) is 3.58 Å². The van der Waals surface area contributed by atoms with E-state index in [1.54, 1.807) is 12.1 Å². The predicted octanol–water partition coefficient (Wildman–Crippen LogP) is 2.82. The maximum atomic E-state index is 11.2. The fourth-order valence-corrected chi connectivity index (χ4v) is 1.06. The fourth-order valence-electron chi connectivity index (χ4n) is 0.746. The number of carbonyl (C=O) groups excluding carboxylic acids is 1. The number of halogens is 1. The maximum absolute atomic E-state index is 11.2. The fraction of sp³-hybridized carbons (Fsp3) is 0. The summed E-state index contributed by atoms with van der Waals surface area (Å²) in [5.41, 5.74) is 0.701. The SMILES string of the molecule is C=C(I)C(=O)c1ccccc1. The molecule has 0 amide bonds. The van der Waals surface area contributed by atoms with Crippen LogP contribution in [0.1, 0.15) is 10.4 Å². The van der Waals surface area contributed by atoms with Crippen LogP contribution in [0.25, 0.3) is 0 Å². The molecule has 0 fully saturated rings. The van der Waals surface area contributed by atoms with Gasteiger partial charge in [-0.2, -0.15) is 0 Å². The van der Waals surface area contributed by atoms with Crippen LogP contribution < -0.4 is 0 Å². The lowest BCUT2D eigenvalue weighted by molar-refractivity contribution is 0.104. The molecule has 0 saturated heterocycles. The van der Waals surface area contributed by atoms with E-state index >= 15 is 0 Å². The van der Waals surface area contributed by atoms with E-state index in [4.69, 9.17) is 0 Å². The Kier molecular flexibility index (Phi) is 2.82. The molecule has 1 aromatic rings. The quantitative estimate of drug-likeness (QED) is 0.453. The van der Waals surface area contributed by atoms with E-state index in [0.717, 1.165) is 0 Å². The van der Waals surface area contributed by atoms with Crippen molar-refractivity contribution in [3.8, 4) is 0 Å². The Morgan fingerprint density at radius 1 is 1.27 bits per heavy atom. The number of Topliss-reactive ketones (excluding diaryl/α,β-unsaturated/α-hetero) is 1. The van der Waals surface area contributed by atoms with Crippen LogP contribution in [0.5, 0.6) is 0 Å². The number of hydrogen-bond acceptors (Lipinski definition) is 1. The minimum atomic E-state index is 0.00574. The number of ketones is 1. The number of allylic oxidation sites excluding steroid dienone is 1. The second kappa shape index (κ2) is 3.67. The molecular formula is C9H7IO. The Morgan fingerprint density at radius 2 is 1.82 bits per heavy atom. The number of rotatable bonds is 2. The second-order valence-corrected chi connectivity index (χ2v) is 3.40. The summed E-state index contributed by atoms with van der Waals surface area (Å²) < 4.78 is 0.550. The van der Waals surface area contributed by atoms with Crippen molar-refractivity contribution in [2.24, 2.45) is 0 Å². The van der Waals surface area contributed by atoms with Crippen LogP contribution in [-0.2, 0) is 0 Å². The summed E-state index contributed by atoms with van der Waals surface area (Å²) in [7, 11) is 0. The third-order valence-corrected chi connectivity index (χ3v) is 1.77. The van der Waals surface area contributed by atoms with Crippen molar-refractivity contribution in [1.82, 2.24) is 0 Å². The lowest BCUT2D eigenvalue weighted by Crippen LogP contribution is -1.95. The van der Waals surface area contributed by atoms with Gasteiger partial charge in [-0.15, -0.1) is 0 Å². The normalized spacial score (nSPS) is 9.18. The molecule has 1 nitrogen and oxygen atoms in total. The molecule has 0 N–H and O–H groups in total. The highest BCUT2D eigenvalue weighted by atomic mass is 127. The molecule has 0 spiro atoms. The van der Waals surface area contributed by atoms with Crippen molar-refractivity contribution in [1.29, 1.82) is 0 Å². The average molecular weight is 258 g/mol. The Morgan fingerprint density at radius 3 is 2.27 bits per heavy atom. The minimum absolute atomic E-state index is 0.00574. The van der Waals surface area contributed by atoms with E-state index in [-0.39, 0.29) is 5.78 Å². The van der Waals surface area contributed by atoms with Gasteiger partial charge >= 0.3 is 0 Å². The van der Waals surface area contributed by atoms with Gasteiger partial charge in [-0.3, -0.25) is 4.79 Å².